The van der Waals surface area contributed by atoms with E-state index in [0.717, 1.165) is 12.2 Å². The van der Waals surface area contributed by atoms with Crippen LogP contribution in [0.3, 0.4) is 0 Å². The van der Waals surface area contributed by atoms with Gasteiger partial charge in [0.1, 0.15) is 0 Å². The molecule has 21 heavy (non-hydrogen) atoms. The standard InChI is InChI=1S/C8H10O.C8H13Si.2ClH.Ti/c1-6-3-7(2)5-8(9)4-6;1-9(2,3)8-6-4-5-7-8;;;/h3-5,9H,1-2H3;4,6H,5H2,1-3H3;2*1H;/q;;;;+1/p-1. The summed E-state index contributed by atoms with van der Waals surface area (Å²) in [6.07, 6.45) is 5.76. The number of hydrogen-bond acceptors (Lipinski definition) is 1. The fourth-order valence-corrected chi connectivity index (χ4v) is 7.19. The van der Waals surface area contributed by atoms with Crippen molar-refractivity contribution in [2.45, 2.75) is 39.9 Å². The molecule has 0 spiro atoms. The van der Waals surface area contributed by atoms with E-state index in [1.54, 1.807) is 9.07 Å². The van der Waals surface area contributed by atoms with Crippen molar-refractivity contribution in [3.8, 4) is 5.75 Å². The van der Waals surface area contributed by atoms with Crippen LogP contribution in [0.15, 0.2) is 39.4 Å². The van der Waals surface area contributed by atoms with Gasteiger partial charge in [0.15, 0.2) is 0 Å². The summed E-state index contributed by atoms with van der Waals surface area (Å²) in [6, 6.07) is 6.48. The minimum absolute atomic E-state index is 0. The SMILES string of the molecule is Cc1cc(C)cc([O][Ti][C]2=C([Si](C)(C)C)C=CC2)c1.Cl.Cl. The van der Waals surface area contributed by atoms with Gasteiger partial charge in [-0.15, -0.1) is 24.8 Å². The van der Waals surface area contributed by atoms with Crippen molar-refractivity contribution in [2.75, 3.05) is 0 Å². The molecule has 0 aromatic heterocycles. The van der Waals surface area contributed by atoms with E-state index in [1.807, 2.05) is 0 Å². The second-order valence-electron chi connectivity index (χ2n) is 6.28. The summed E-state index contributed by atoms with van der Waals surface area (Å²) in [5.74, 6) is 1.05. The van der Waals surface area contributed by atoms with E-state index in [1.165, 1.54) is 11.1 Å². The summed E-state index contributed by atoms with van der Waals surface area (Å²) in [5.41, 5.74) is 2.57. The van der Waals surface area contributed by atoms with Gasteiger partial charge in [0.05, 0.1) is 0 Å². The van der Waals surface area contributed by atoms with Crippen LogP contribution >= 0.6 is 24.8 Å². The predicted octanol–water partition coefficient (Wildman–Crippen LogP) is 5.61. The zero-order valence-corrected chi connectivity index (χ0v) is 17.5. The van der Waals surface area contributed by atoms with E-state index < -0.39 is 27.6 Å². The first-order chi connectivity index (χ1) is 8.86. The van der Waals surface area contributed by atoms with Crippen LogP contribution in [0, 0.1) is 13.8 Å². The normalized spacial score (nSPS) is 13.6. The van der Waals surface area contributed by atoms with Crippen LogP contribution in [0.4, 0.5) is 0 Å². The molecule has 1 nitrogen and oxygen atoms in total. The third-order valence-corrected chi connectivity index (χ3v) is 7.35. The summed E-state index contributed by atoms with van der Waals surface area (Å²) in [4.78, 5) is 0. The van der Waals surface area contributed by atoms with Crippen LogP contribution in [0.25, 0.3) is 0 Å². The molecule has 0 N–H and O–H groups in total. The molecule has 0 saturated heterocycles. The van der Waals surface area contributed by atoms with E-state index >= 15 is 0 Å². The molecule has 1 aliphatic carbocycles. The van der Waals surface area contributed by atoms with Gasteiger partial charge < -0.3 is 0 Å². The molecular formula is C16H24Cl2OSiTi. The summed E-state index contributed by atoms with van der Waals surface area (Å²) in [7, 11) is -1.20. The second kappa shape index (κ2) is 8.59. The largest absolute Gasteiger partial charge is 0.147 e. The van der Waals surface area contributed by atoms with E-state index in [-0.39, 0.29) is 24.8 Å². The maximum absolute atomic E-state index is 6.13. The molecule has 0 unspecified atom stereocenters. The molecular weight excluding hydrogens is 355 g/mol. The Morgan fingerprint density at radius 3 is 2.10 bits per heavy atom. The van der Waals surface area contributed by atoms with Crippen molar-refractivity contribution in [1.29, 1.82) is 0 Å². The molecule has 1 aliphatic rings. The Bertz CT molecular complexity index is 527. The van der Waals surface area contributed by atoms with Crippen molar-refractivity contribution in [3.05, 3.63) is 50.6 Å². The number of rotatable bonds is 4. The average Bonchev–Trinajstić information content (AvgIpc) is 2.72. The fraction of sp³-hybridized carbons (Fsp3) is 0.375. The van der Waals surface area contributed by atoms with Gasteiger partial charge in [-0.25, -0.2) is 0 Å². The van der Waals surface area contributed by atoms with Gasteiger partial charge in [-0.3, -0.25) is 0 Å². The molecule has 0 saturated carbocycles. The van der Waals surface area contributed by atoms with Gasteiger partial charge in [0.2, 0.25) is 0 Å². The van der Waals surface area contributed by atoms with Crippen molar-refractivity contribution in [1.82, 2.24) is 0 Å². The maximum atomic E-state index is 6.13. The Morgan fingerprint density at radius 2 is 1.57 bits per heavy atom. The molecule has 2 rings (SSSR count). The van der Waals surface area contributed by atoms with Crippen LogP contribution in [-0.2, 0) is 19.5 Å². The van der Waals surface area contributed by atoms with Crippen LogP contribution in [0.1, 0.15) is 17.5 Å². The second-order valence-corrected chi connectivity index (χ2v) is 12.9. The molecule has 1 aromatic carbocycles. The van der Waals surface area contributed by atoms with Crippen LogP contribution < -0.4 is 3.32 Å². The Balaban J connectivity index is 0.00000200. The number of aryl methyl sites for hydroxylation is 2. The molecule has 0 radical (unpaired) electrons. The van der Waals surface area contributed by atoms with Crippen molar-refractivity contribution >= 4 is 32.9 Å². The molecule has 0 bridgehead atoms. The molecule has 5 heteroatoms. The van der Waals surface area contributed by atoms with Gasteiger partial charge in [0, 0.05) is 0 Å². The van der Waals surface area contributed by atoms with Crippen LogP contribution in [-0.4, -0.2) is 8.07 Å². The quantitative estimate of drug-likeness (QED) is 0.618. The van der Waals surface area contributed by atoms with E-state index in [9.17, 15) is 0 Å². The van der Waals surface area contributed by atoms with Gasteiger partial charge in [-0.1, -0.05) is 0 Å². The van der Waals surface area contributed by atoms with Gasteiger partial charge in [-0.2, -0.15) is 0 Å². The number of hydrogen-bond donors (Lipinski definition) is 0. The summed E-state index contributed by atoms with van der Waals surface area (Å²) < 4.78 is 7.72. The predicted molar refractivity (Wildman–Crippen MR) is 95.2 cm³/mol. The monoisotopic (exact) mass is 378 g/mol. The Kier molecular flexibility index (Phi) is 8.60. The first kappa shape index (κ1) is 21.0. The van der Waals surface area contributed by atoms with Crippen molar-refractivity contribution in [3.63, 3.8) is 0 Å². The Labute approximate surface area is 151 Å². The molecule has 1 aromatic rings. The summed E-state index contributed by atoms with van der Waals surface area (Å²) in [5, 5.41) is 1.62. The fourth-order valence-electron chi connectivity index (χ4n) is 2.42. The number of allylic oxidation sites excluding steroid dienone is 4. The molecule has 0 heterocycles. The Hall–Kier alpha value is 0.0112. The van der Waals surface area contributed by atoms with Crippen LogP contribution in [0.5, 0.6) is 5.75 Å². The van der Waals surface area contributed by atoms with Crippen molar-refractivity contribution in [2.24, 2.45) is 0 Å². The van der Waals surface area contributed by atoms with Crippen molar-refractivity contribution < 1.29 is 22.9 Å². The molecule has 0 atom stereocenters. The van der Waals surface area contributed by atoms with Gasteiger partial charge >= 0.3 is 127 Å². The number of benzene rings is 1. The zero-order chi connectivity index (χ0) is 14.0. The molecule has 116 valence electrons. The first-order valence-electron chi connectivity index (χ1n) is 6.77. The topological polar surface area (TPSA) is 9.23 Å². The number of halogens is 2. The van der Waals surface area contributed by atoms with E-state index in [2.05, 4.69) is 63.8 Å². The first-order valence-corrected chi connectivity index (χ1v) is 11.7. The smallest absolute Gasteiger partial charge is 0.147 e. The van der Waals surface area contributed by atoms with Crippen LogP contribution in [0.2, 0.25) is 19.6 Å². The van der Waals surface area contributed by atoms with E-state index in [0.29, 0.717) is 0 Å². The average molecular weight is 379 g/mol. The Morgan fingerprint density at radius 1 is 1.00 bits per heavy atom. The van der Waals surface area contributed by atoms with Gasteiger partial charge in [0.25, 0.3) is 0 Å². The molecule has 0 amide bonds. The van der Waals surface area contributed by atoms with Gasteiger partial charge in [-0.05, 0) is 0 Å². The minimum atomic E-state index is -1.20. The summed E-state index contributed by atoms with van der Waals surface area (Å²) >= 11 is -0.483. The minimum Gasteiger partial charge on any atom is -0.147 e. The molecule has 0 aliphatic heterocycles. The third-order valence-electron chi connectivity index (χ3n) is 3.23. The van der Waals surface area contributed by atoms with E-state index in [4.69, 9.17) is 3.32 Å². The molecule has 0 fully saturated rings. The summed E-state index contributed by atoms with van der Waals surface area (Å²) in [6.45, 7) is 11.5. The zero-order valence-electron chi connectivity index (χ0n) is 13.3. The maximum Gasteiger partial charge on any atom is -0.147 e. The third kappa shape index (κ3) is 5.96.